The van der Waals surface area contributed by atoms with Crippen LogP contribution in [0.25, 0.3) is 0 Å². The average molecular weight is 307 g/mol. The predicted molar refractivity (Wildman–Crippen MR) is 90.1 cm³/mol. The minimum absolute atomic E-state index is 0.0428. The smallest absolute Gasteiger partial charge is 0.227 e. The summed E-state index contributed by atoms with van der Waals surface area (Å²) in [6.45, 7) is 12.7. The molecule has 1 aromatic heterocycles. The molecule has 3 N–H and O–H groups in total. The average Bonchev–Trinajstić information content (AvgIpc) is 2.46. The van der Waals surface area contributed by atoms with Crippen molar-refractivity contribution in [2.75, 3.05) is 43.4 Å². The highest BCUT2D eigenvalue weighted by Crippen LogP contribution is 2.24. The molecule has 1 aliphatic heterocycles. The zero-order chi connectivity index (χ0) is 16.3. The minimum Gasteiger partial charge on any atom is -0.392 e. The molecule has 2 heterocycles. The number of β-amino-alcohol motifs (C(OH)–C–C–N with tert-alkyl or cyclic N) is 1. The second kappa shape index (κ2) is 6.79. The molecule has 1 saturated heterocycles. The topological polar surface area (TPSA) is 78.5 Å². The molecule has 1 aliphatic rings. The van der Waals surface area contributed by atoms with Crippen molar-refractivity contribution >= 4 is 11.8 Å². The normalized spacial score (nSPS) is 18.5. The number of nitrogen functional groups attached to an aromatic ring is 1. The zero-order valence-electron chi connectivity index (χ0n) is 14.2. The van der Waals surface area contributed by atoms with Crippen LogP contribution in [0.3, 0.4) is 0 Å². The van der Waals surface area contributed by atoms with E-state index >= 15 is 0 Å². The SMILES string of the molecule is CCC(O)CN1CCN(c2nc(N)cc(C(C)(C)C)n2)CC1. The Morgan fingerprint density at radius 2 is 1.86 bits per heavy atom. The van der Waals surface area contributed by atoms with Gasteiger partial charge in [-0.1, -0.05) is 27.7 Å². The van der Waals surface area contributed by atoms with E-state index in [9.17, 15) is 5.11 Å². The second-order valence-electron chi connectivity index (χ2n) is 7.08. The number of aromatic nitrogens is 2. The minimum atomic E-state index is -0.234. The summed E-state index contributed by atoms with van der Waals surface area (Å²) in [7, 11) is 0. The Labute approximate surface area is 133 Å². The van der Waals surface area contributed by atoms with Gasteiger partial charge in [-0.05, 0) is 6.42 Å². The number of anilines is 2. The summed E-state index contributed by atoms with van der Waals surface area (Å²) in [6.07, 6.45) is 0.565. The molecule has 1 atom stereocenters. The van der Waals surface area contributed by atoms with E-state index in [-0.39, 0.29) is 11.5 Å². The fraction of sp³-hybridized carbons (Fsp3) is 0.750. The lowest BCUT2D eigenvalue weighted by Gasteiger charge is -2.36. The number of nitrogens with zero attached hydrogens (tertiary/aromatic N) is 4. The van der Waals surface area contributed by atoms with Gasteiger partial charge in [0.25, 0.3) is 0 Å². The summed E-state index contributed by atoms with van der Waals surface area (Å²) < 4.78 is 0. The Morgan fingerprint density at radius 3 is 2.41 bits per heavy atom. The van der Waals surface area contributed by atoms with Gasteiger partial charge in [0.15, 0.2) is 0 Å². The number of aliphatic hydroxyl groups is 1. The maximum atomic E-state index is 9.76. The lowest BCUT2D eigenvalue weighted by atomic mass is 9.92. The van der Waals surface area contributed by atoms with Gasteiger partial charge in [0.2, 0.25) is 5.95 Å². The third-order valence-corrected chi connectivity index (χ3v) is 4.10. The van der Waals surface area contributed by atoms with Crippen molar-refractivity contribution in [2.24, 2.45) is 0 Å². The van der Waals surface area contributed by atoms with E-state index in [2.05, 4.69) is 35.6 Å². The van der Waals surface area contributed by atoms with Crippen molar-refractivity contribution in [3.63, 3.8) is 0 Å². The largest absolute Gasteiger partial charge is 0.392 e. The van der Waals surface area contributed by atoms with Gasteiger partial charge in [-0.3, -0.25) is 4.90 Å². The van der Waals surface area contributed by atoms with Crippen LogP contribution in [-0.2, 0) is 5.41 Å². The van der Waals surface area contributed by atoms with Gasteiger partial charge in [0.05, 0.1) is 11.8 Å². The lowest BCUT2D eigenvalue weighted by Crippen LogP contribution is -2.49. The van der Waals surface area contributed by atoms with Crippen LogP contribution in [0.5, 0.6) is 0 Å². The Hall–Kier alpha value is -1.40. The summed E-state index contributed by atoms with van der Waals surface area (Å²) in [5.41, 5.74) is 6.88. The van der Waals surface area contributed by atoms with Crippen molar-refractivity contribution in [2.45, 2.75) is 45.6 Å². The first-order valence-electron chi connectivity index (χ1n) is 8.10. The molecule has 0 radical (unpaired) electrons. The highest BCUT2D eigenvalue weighted by atomic mass is 16.3. The molecule has 0 aliphatic carbocycles. The molecule has 1 fully saturated rings. The number of nitrogens with two attached hydrogens (primary N) is 1. The van der Waals surface area contributed by atoms with Crippen molar-refractivity contribution in [1.82, 2.24) is 14.9 Å². The van der Waals surface area contributed by atoms with Crippen LogP contribution >= 0.6 is 0 Å². The first-order valence-corrected chi connectivity index (χ1v) is 8.10. The molecule has 0 aromatic carbocycles. The molecule has 6 heteroatoms. The van der Waals surface area contributed by atoms with Crippen LogP contribution < -0.4 is 10.6 Å². The van der Waals surface area contributed by atoms with Crippen LogP contribution in [0.4, 0.5) is 11.8 Å². The van der Waals surface area contributed by atoms with Gasteiger partial charge >= 0.3 is 0 Å². The van der Waals surface area contributed by atoms with E-state index in [0.717, 1.165) is 50.8 Å². The Kier molecular flexibility index (Phi) is 5.24. The van der Waals surface area contributed by atoms with Crippen LogP contribution in [0.15, 0.2) is 6.07 Å². The van der Waals surface area contributed by atoms with E-state index in [1.807, 2.05) is 13.0 Å². The highest BCUT2D eigenvalue weighted by molar-refractivity contribution is 5.42. The van der Waals surface area contributed by atoms with E-state index in [0.29, 0.717) is 5.82 Å². The third-order valence-electron chi connectivity index (χ3n) is 4.10. The molecule has 1 unspecified atom stereocenters. The lowest BCUT2D eigenvalue weighted by molar-refractivity contribution is 0.106. The van der Waals surface area contributed by atoms with Crippen molar-refractivity contribution in [3.8, 4) is 0 Å². The van der Waals surface area contributed by atoms with Crippen LogP contribution in [0.1, 0.15) is 39.8 Å². The molecule has 0 spiro atoms. The molecule has 6 nitrogen and oxygen atoms in total. The van der Waals surface area contributed by atoms with Gasteiger partial charge in [-0.15, -0.1) is 0 Å². The molecular formula is C16H29N5O. The number of aliphatic hydroxyl groups excluding tert-OH is 1. The third kappa shape index (κ3) is 4.30. The monoisotopic (exact) mass is 307 g/mol. The molecule has 0 saturated carbocycles. The summed E-state index contributed by atoms with van der Waals surface area (Å²) in [5.74, 6) is 1.25. The quantitative estimate of drug-likeness (QED) is 0.871. The van der Waals surface area contributed by atoms with Gasteiger partial charge in [0, 0.05) is 44.2 Å². The van der Waals surface area contributed by atoms with E-state index in [4.69, 9.17) is 10.7 Å². The number of hydrogen-bond acceptors (Lipinski definition) is 6. The van der Waals surface area contributed by atoms with E-state index in [1.165, 1.54) is 0 Å². The van der Waals surface area contributed by atoms with E-state index in [1.54, 1.807) is 0 Å². The number of piperazine rings is 1. The van der Waals surface area contributed by atoms with Crippen molar-refractivity contribution in [1.29, 1.82) is 0 Å². The molecule has 22 heavy (non-hydrogen) atoms. The van der Waals surface area contributed by atoms with Crippen LogP contribution in [-0.4, -0.2) is 58.8 Å². The van der Waals surface area contributed by atoms with Crippen molar-refractivity contribution < 1.29 is 5.11 Å². The van der Waals surface area contributed by atoms with Gasteiger partial charge in [-0.2, -0.15) is 4.98 Å². The molecule has 2 rings (SSSR count). The van der Waals surface area contributed by atoms with Gasteiger partial charge in [-0.25, -0.2) is 4.98 Å². The summed E-state index contributed by atoms with van der Waals surface area (Å²) >= 11 is 0. The first-order chi connectivity index (χ1) is 10.3. The molecular weight excluding hydrogens is 278 g/mol. The van der Waals surface area contributed by atoms with Gasteiger partial charge in [0.1, 0.15) is 5.82 Å². The van der Waals surface area contributed by atoms with Gasteiger partial charge < -0.3 is 15.7 Å². The second-order valence-corrected chi connectivity index (χ2v) is 7.08. The van der Waals surface area contributed by atoms with E-state index < -0.39 is 0 Å². The van der Waals surface area contributed by atoms with Crippen LogP contribution in [0, 0.1) is 0 Å². The number of hydrogen-bond donors (Lipinski definition) is 2. The fourth-order valence-corrected chi connectivity index (χ4v) is 2.54. The highest BCUT2D eigenvalue weighted by Gasteiger charge is 2.23. The standard InChI is InChI=1S/C16H29N5O/c1-5-12(22)11-20-6-8-21(9-7-20)15-18-13(16(2,3)4)10-14(17)19-15/h10,12,22H,5-9,11H2,1-4H3,(H2,17,18,19). The molecule has 124 valence electrons. The fourth-order valence-electron chi connectivity index (χ4n) is 2.54. The first kappa shape index (κ1) is 17.0. The Bertz CT molecular complexity index is 492. The zero-order valence-corrected chi connectivity index (χ0v) is 14.2. The summed E-state index contributed by atoms with van der Waals surface area (Å²) in [5, 5.41) is 9.76. The summed E-state index contributed by atoms with van der Waals surface area (Å²) in [6, 6.07) is 1.86. The van der Waals surface area contributed by atoms with Crippen molar-refractivity contribution in [3.05, 3.63) is 11.8 Å². The Balaban J connectivity index is 2.04. The molecule has 0 bridgehead atoms. The molecule has 1 aromatic rings. The summed E-state index contributed by atoms with van der Waals surface area (Å²) in [4.78, 5) is 13.6. The Morgan fingerprint density at radius 1 is 1.23 bits per heavy atom. The maximum Gasteiger partial charge on any atom is 0.227 e. The van der Waals surface area contributed by atoms with Crippen LogP contribution in [0.2, 0.25) is 0 Å². The number of rotatable bonds is 4. The molecule has 0 amide bonds. The predicted octanol–water partition coefficient (Wildman–Crippen LogP) is 1.25. The maximum absolute atomic E-state index is 9.76.